The van der Waals surface area contributed by atoms with Gasteiger partial charge in [-0.25, -0.2) is 4.39 Å². The number of nitrogens with zero attached hydrogens (tertiary/aromatic N) is 1. The van der Waals surface area contributed by atoms with Crippen molar-refractivity contribution in [1.29, 1.82) is 0 Å². The lowest BCUT2D eigenvalue weighted by Crippen LogP contribution is -2.62. The molecule has 0 radical (unpaired) electrons. The fourth-order valence-corrected chi connectivity index (χ4v) is 2.98. The summed E-state index contributed by atoms with van der Waals surface area (Å²) in [6.45, 7) is 9.84. The Hall–Kier alpha value is -0.930. The number of piperazine rings is 1. The molecule has 1 N–H and O–H groups in total. The summed E-state index contributed by atoms with van der Waals surface area (Å²) in [5.41, 5.74) is 1.39. The second kappa shape index (κ2) is 6.68. The minimum absolute atomic E-state index is 0.156. The van der Waals surface area contributed by atoms with Gasteiger partial charge in [-0.1, -0.05) is 32.4 Å². The van der Waals surface area contributed by atoms with Crippen LogP contribution in [-0.4, -0.2) is 29.6 Å². The average molecular weight is 278 g/mol. The largest absolute Gasteiger partial charge is 0.311 e. The highest BCUT2D eigenvalue weighted by Crippen LogP contribution is 2.26. The van der Waals surface area contributed by atoms with E-state index in [-0.39, 0.29) is 11.4 Å². The second-order valence-electron chi connectivity index (χ2n) is 6.22. The number of benzene rings is 1. The number of hydrogen-bond acceptors (Lipinski definition) is 2. The van der Waals surface area contributed by atoms with Crippen LogP contribution < -0.4 is 5.32 Å². The van der Waals surface area contributed by atoms with E-state index in [1.54, 1.807) is 12.1 Å². The molecule has 2 unspecified atom stereocenters. The molecular weight excluding hydrogens is 251 g/mol. The molecule has 0 amide bonds. The van der Waals surface area contributed by atoms with Crippen molar-refractivity contribution in [3.63, 3.8) is 0 Å². The molecule has 0 aliphatic carbocycles. The molecule has 1 aliphatic rings. The third-order valence-corrected chi connectivity index (χ3v) is 4.66. The van der Waals surface area contributed by atoms with E-state index in [4.69, 9.17) is 0 Å². The first-order valence-corrected chi connectivity index (χ1v) is 7.80. The van der Waals surface area contributed by atoms with Crippen molar-refractivity contribution >= 4 is 0 Å². The summed E-state index contributed by atoms with van der Waals surface area (Å²) in [7, 11) is 0. The zero-order valence-corrected chi connectivity index (χ0v) is 13.0. The molecule has 1 fully saturated rings. The fraction of sp³-hybridized carbons (Fsp3) is 0.647. The van der Waals surface area contributed by atoms with Gasteiger partial charge >= 0.3 is 0 Å². The van der Waals surface area contributed by atoms with Crippen LogP contribution in [-0.2, 0) is 6.54 Å². The Kier molecular flexibility index (Phi) is 5.17. The van der Waals surface area contributed by atoms with Crippen molar-refractivity contribution in [2.45, 2.75) is 58.2 Å². The summed E-state index contributed by atoms with van der Waals surface area (Å²) >= 11 is 0. The van der Waals surface area contributed by atoms with Crippen molar-refractivity contribution in [1.82, 2.24) is 10.2 Å². The summed E-state index contributed by atoms with van der Waals surface area (Å²) in [5, 5.41) is 3.68. The Morgan fingerprint density at radius 1 is 1.30 bits per heavy atom. The Morgan fingerprint density at radius 2 is 2.00 bits per heavy atom. The molecule has 0 spiro atoms. The monoisotopic (exact) mass is 278 g/mol. The van der Waals surface area contributed by atoms with Crippen molar-refractivity contribution in [3.8, 4) is 0 Å². The number of hydrogen-bond donors (Lipinski definition) is 1. The second-order valence-corrected chi connectivity index (χ2v) is 6.22. The van der Waals surface area contributed by atoms with Gasteiger partial charge in [0.25, 0.3) is 0 Å². The van der Waals surface area contributed by atoms with Crippen LogP contribution >= 0.6 is 0 Å². The molecule has 2 atom stereocenters. The summed E-state index contributed by atoms with van der Waals surface area (Å²) in [6.07, 6.45) is 3.56. The molecule has 0 saturated carbocycles. The van der Waals surface area contributed by atoms with E-state index in [0.717, 1.165) is 26.1 Å². The van der Waals surface area contributed by atoms with Gasteiger partial charge < -0.3 is 5.32 Å². The smallest absolute Gasteiger partial charge is 0.123 e. The lowest BCUT2D eigenvalue weighted by molar-refractivity contribution is 0.0396. The van der Waals surface area contributed by atoms with Crippen LogP contribution in [0, 0.1) is 5.82 Å². The predicted octanol–water partition coefficient (Wildman–Crippen LogP) is 3.57. The van der Waals surface area contributed by atoms with Crippen molar-refractivity contribution in [2.24, 2.45) is 0 Å². The molecule has 3 heteroatoms. The number of rotatable bonds is 5. The minimum atomic E-state index is -0.156. The summed E-state index contributed by atoms with van der Waals surface area (Å²) in [4.78, 5) is 2.57. The van der Waals surface area contributed by atoms with Crippen molar-refractivity contribution < 1.29 is 4.39 Å². The maximum Gasteiger partial charge on any atom is 0.123 e. The predicted molar refractivity (Wildman–Crippen MR) is 82.2 cm³/mol. The quantitative estimate of drug-likeness (QED) is 0.886. The molecule has 1 heterocycles. The average Bonchev–Trinajstić information content (AvgIpc) is 2.45. The van der Waals surface area contributed by atoms with Gasteiger partial charge in [0.1, 0.15) is 5.82 Å². The molecule has 1 aromatic rings. The van der Waals surface area contributed by atoms with Gasteiger partial charge in [-0.05, 0) is 37.5 Å². The molecule has 0 aromatic heterocycles. The van der Waals surface area contributed by atoms with Gasteiger partial charge in [-0.15, -0.1) is 0 Å². The first-order valence-electron chi connectivity index (χ1n) is 7.80. The van der Waals surface area contributed by atoms with Crippen LogP contribution in [0.4, 0.5) is 4.39 Å². The third-order valence-electron chi connectivity index (χ3n) is 4.66. The summed E-state index contributed by atoms with van der Waals surface area (Å²) in [5.74, 6) is -0.156. The van der Waals surface area contributed by atoms with Crippen LogP contribution in [0.5, 0.6) is 0 Å². The number of halogens is 1. The first kappa shape index (κ1) is 15.5. The van der Waals surface area contributed by atoms with Crippen LogP contribution in [0.2, 0.25) is 0 Å². The molecule has 1 aliphatic heterocycles. The van der Waals surface area contributed by atoms with Gasteiger partial charge in [0.05, 0.1) is 0 Å². The van der Waals surface area contributed by atoms with Gasteiger partial charge in [-0.3, -0.25) is 4.90 Å². The van der Waals surface area contributed by atoms with Gasteiger partial charge in [-0.2, -0.15) is 0 Å². The van der Waals surface area contributed by atoms with E-state index in [1.807, 2.05) is 12.1 Å². The maximum atomic E-state index is 13.0. The van der Waals surface area contributed by atoms with E-state index in [0.29, 0.717) is 6.04 Å². The Morgan fingerprint density at radius 3 is 2.60 bits per heavy atom. The molecular formula is C17H27FN2. The van der Waals surface area contributed by atoms with Crippen LogP contribution in [0.3, 0.4) is 0 Å². The Bertz CT molecular complexity index is 418. The van der Waals surface area contributed by atoms with Gasteiger partial charge in [0.15, 0.2) is 0 Å². The van der Waals surface area contributed by atoms with E-state index >= 15 is 0 Å². The number of nitrogens with one attached hydrogen (secondary N) is 1. The van der Waals surface area contributed by atoms with Crippen LogP contribution in [0.1, 0.15) is 45.6 Å². The van der Waals surface area contributed by atoms with E-state index in [1.165, 1.54) is 18.4 Å². The molecule has 2 nitrogen and oxygen atoms in total. The van der Waals surface area contributed by atoms with Crippen molar-refractivity contribution in [3.05, 3.63) is 35.6 Å². The SMILES string of the molecule is CCCC1CN(Cc2ccc(F)cc2)C(C)(CC)CN1. The molecule has 2 rings (SSSR count). The molecule has 1 aromatic carbocycles. The van der Waals surface area contributed by atoms with Gasteiger partial charge in [0.2, 0.25) is 0 Å². The first-order chi connectivity index (χ1) is 9.57. The highest BCUT2D eigenvalue weighted by atomic mass is 19.1. The summed E-state index contributed by atoms with van der Waals surface area (Å²) < 4.78 is 13.0. The van der Waals surface area contributed by atoms with E-state index in [9.17, 15) is 4.39 Å². The van der Waals surface area contributed by atoms with E-state index in [2.05, 4.69) is 31.0 Å². The molecule has 112 valence electrons. The topological polar surface area (TPSA) is 15.3 Å². The highest BCUT2D eigenvalue weighted by Gasteiger charge is 2.35. The standard InChI is InChI=1S/C17H27FN2/c1-4-6-16-12-20(17(3,5-2)13-19-16)11-14-7-9-15(18)10-8-14/h7-10,16,19H,4-6,11-13H2,1-3H3. The maximum absolute atomic E-state index is 13.0. The van der Waals surface area contributed by atoms with Crippen LogP contribution in [0.15, 0.2) is 24.3 Å². The zero-order chi connectivity index (χ0) is 14.6. The molecule has 0 bridgehead atoms. The van der Waals surface area contributed by atoms with Crippen LogP contribution in [0.25, 0.3) is 0 Å². The van der Waals surface area contributed by atoms with Gasteiger partial charge in [0, 0.05) is 31.2 Å². The van der Waals surface area contributed by atoms with E-state index < -0.39 is 0 Å². The Labute approximate surface area is 122 Å². The fourth-order valence-electron chi connectivity index (χ4n) is 2.98. The molecule has 1 saturated heterocycles. The lowest BCUT2D eigenvalue weighted by Gasteiger charge is -2.48. The highest BCUT2D eigenvalue weighted by molar-refractivity contribution is 5.16. The third kappa shape index (κ3) is 3.58. The van der Waals surface area contributed by atoms with Crippen molar-refractivity contribution in [2.75, 3.05) is 13.1 Å². The minimum Gasteiger partial charge on any atom is -0.311 e. The normalized spacial score (nSPS) is 27.7. The lowest BCUT2D eigenvalue weighted by atomic mass is 9.90. The summed E-state index contributed by atoms with van der Waals surface area (Å²) in [6, 6.07) is 7.51. The Balaban J connectivity index is 2.09. The zero-order valence-electron chi connectivity index (χ0n) is 13.0. The molecule has 20 heavy (non-hydrogen) atoms.